The number of amides is 2. The third kappa shape index (κ3) is 3.47. The number of nitrogens with one attached hydrogen (secondary N) is 2. The third-order valence-electron chi connectivity index (χ3n) is 3.28. The van der Waals surface area contributed by atoms with Crippen molar-refractivity contribution in [3.8, 4) is 0 Å². The molecule has 0 atom stereocenters. The van der Waals surface area contributed by atoms with Crippen LogP contribution >= 0.6 is 15.9 Å². The summed E-state index contributed by atoms with van der Waals surface area (Å²) < 4.78 is 2.70. The van der Waals surface area contributed by atoms with E-state index in [1.807, 2.05) is 30.5 Å². The number of imidazole rings is 1. The van der Waals surface area contributed by atoms with Crippen LogP contribution in [-0.2, 0) is 11.2 Å². The molecule has 2 rings (SSSR count). The summed E-state index contributed by atoms with van der Waals surface area (Å²) in [4.78, 5) is 27.9. The molecule has 0 saturated heterocycles. The maximum absolute atomic E-state index is 12.5. The van der Waals surface area contributed by atoms with Gasteiger partial charge in [0, 0.05) is 30.7 Å². The summed E-state index contributed by atoms with van der Waals surface area (Å²) in [7, 11) is 0. The molecule has 118 valence electrons. The molecule has 0 saturated carbocycles. The lowest BCUT2D eigenvalue weighted by Crippen LogP contribution is -2.34. The average Bonchev–Trinajstić information content (AvgIpc) is 2.82. The Morgan fingerprint density at radius 3 is 2.64 bits per heavy atom. The van der Waals surface area contributed by atoms with Gasteiger partial charge in [-0.05, 0) is 40.9 Å². The molecule has 0 radical (unpaired) electrons. The summed E-state index contributed by atoms with van der Waals surface area (Å²) in [5.74, 6) is -0.301. The lowest BCUT2D eigenvalue weighted by Gasteiger charge is -2.08. The van der Waals surface area contributed by atoms with Crippen molar-refractivity contribution in [2.24, 2.45) is 0 Å². The van der Waals surface area contributed by atoms with Crippen LogP contribution in [-0.4, -0.2) is 34.3 Å². The fourth-order valence-corrected chi connectivity index (χ4v) is 2.85. The Kier molecular flexibility index (Phi) is 5.18. The first kappa shape index (κ1) is 16.5. The topological polar surface area (TPSA) is 75.5 Å². The van der Waals surface area contributed by atoms with Crippen molar-refractivity contribution in [3.05, 3.63) is 33.7 Å². The predicted octanol–water partition coefficient (Wildman–Crippen LogP) is 1.83. The Hall–Kier alpha value is -1.89. The summed E-state index contributed by atoms with van der Waals surface area (Å²) in [6.45, 7) is 6.16. The standard InChI is InChI=1S/C15H19BrN4O2/c1-4-12-13(15(22)18-6-5-17-10(3)21)20-8-11(16)7-9(2)14(20)19-12/h7-8H,4-6H2,1-3H3,(H,17,21)(H,18,22). The fraction of sp³-hybridized carbons (Fsp3) is 0.400. The van der Waals surface area contributed by atoms with Crippen LogP contribution in [0.15, 0.2) is 16.7 Å². The van der Waals surface area contributed by atoms with Gasteiger partial charge in [-0.1, -0.05) is 6.92 Å². The maximum atomic E-state index is 12.5. The fourth-order valence-electron chi connectivity index (χ4n) is 2.30. The lowest BCUT2D eigenvalue weighted by molar-refractivity contribution is -0.118. The van der Waals surface area contributed by atoms with E-state index in [9.17, 15) is 9.59 Å². The molecular weight excluding hydrogens is 348 g/mol. The first-order valence-electron chi connectivity index (χ1n) is 7.13. The van der Waals surface area contributed by atoms with E-state index in [-0.39, 0.29) is 11.8 Å². The summed E-state index contributed by atoms with van der Waals surface area (Å²) >= 11 is 3.45. The minimum absolute atomic E-state index is 0.113. The number of carbonyl (C=O) groups is 2. The normalized spacial score (nSPS) is 10.7. The largest absolute Gasteiger partial charge is 0.355 e. The van der Waals surface area contributed by atoms with E-state index >= 15 is 0 Å². The van der Waals surface area contributed by atoms with Crippen molar-refractivity contribution in [2.75, 3.05) is 13.1 Å². The number of hydrogen-bond donors (Lipinski definition) is 2. The first-order valence-corrected chi connectivity index (χ1v) is 7.93. The molecule has 2 N–H and O–H groups in total. The van der Waals surface area contributed by atoms with Crippen LogP contribution < -0.4 is 10.6 Å². The minimum atomic E-state index is -0.188. The van der Waals surface area contributed by atoms with Crippen LogP contribution in [0.2, 0.25) is 0 Å². The summed E-state index contributed by atoms with van der Waals surface area (Å²) in [5.41, 5.74) is 3.09. The zero-order valence-electron chi connectivity index (χ0n) is 12.9. The van der Waals surface area contributed by atoms with Gasteiger partial charge in [-0.3, -0.25) is 14.0 Å². The molecular formula is C15H19BrN4O2. The highest BCUT2D eigenvalue weighted by Gasteiger charge is 2.19. The lowest BCUT2D eigenvalue weighted by atomic mass is 10.2. The highest BCUT2D eigenvalue weighted by molar-refractivity contribution is 9.10. The number of aryl methyl sites for hydroxylation is 2. The van der Waals surface area contributed by atoms with Crippen molar-refractivity contribution in [3.63, 3.8) is 0 Å². The van der Waals surface area contributed by atoms with Crippen LogP contribution in [0.4, 0.5) is 0 Å². The van der Waals surface area contributed by atoms with Crippen molar-refractivity contribution >= 4 is 33.4 Å². The molecule has 2 amide bonds. The number of carbonyl (C=O) groups excluding carboxylic acids is 2. The maximum Gasteiger partial charge on any atom is 0.270 e. The van der Waals surface area contributed by atoms with Crippen molar-refractivity contribution in [1.82, 2.24) is 20.0 Å². The second kappa shape index (κ2) is 6.91. The molecule has 0 spiro atoms. The Bertz CT molecular complexity index is 724. The van der Waals surface area contributed by atoms with Gasteiger partial charge < -0.3 is 10.6 Å². The smallest absolute Gasteiger partial charge is 0.270 e. The number of pyridine rings is 1. The van der Waals surface area contributed by atoms with Gasteiger partial charge in [0.05, 0.1) is 5.69 Å². The second-order valence-corrected chi connectivity index (χ2v) is 5.95. The van der Waals surface area contributed by atoms with Gasteiger partial charge >= 0.3 is 0 Å². The van der Waals surface area contributed by atoms with Gasteiger partial charge in [-0.2, -0.15) is 0 Å². The van der Waals surface area contributed by atoms with Gasteiger partial charge in [0.25, 0.3) is 5.91 Å². The molecule has 0 fully saturated rings. The Labute approximate surface area is 137 Å². The molecule has 0 bridgehead atoms. The van der Waals surface area contributed by atoms with Crippen molar-refractivity contribution in [1.29, 1.82) is 0 Å². The SMILES string of the molecule is CCc1nc2c(C)cc(Br)cn2c1C(=O)NCCNC(C)=O. The Balaban J connectivity index is 2.29. The Morgan fingerprint density at radius 2 is 2.00 bits per heavy atom. The molecule has 0 aliphatic heterocycles. The number of nitrogens with zero attached hydrogens (tertiary/aromatic N) is 2. The molecule has 2 aromatic heterocycles. The van der Waals surface area contributed by atoms with Crippen LogP contribution in [0.25, 0.3) is 5.65 Å². The number of aromatic nitrogens is 2. The van der Waals surface area contributed by atoms with Gasteiger partial charge in [-0.25, -0.2) is 4.98 Å². The molecule has 0 aliphatic rings. The predicted molar refractivity (Wildman–Crippen MR) is 88.0 cm³/mol. The van der Waals surface area contributed by atoms with Gasteiger partial charge in [0.2, 0.25) is 5.91 Å². The van der Waals surface area contributed by atoms with Crippen LogP contribution in [0.1, 0.15) is 35.6 Å². The molecule has 2 aromatic rings. The number of fused-ring (bicyclic) bond motifs is 1. The number of hydrogen-bond acceptors (Lipinski definition) is 3. The van der Waals surface area contributed by atoms with E-state index in [2.05, 4.69) is 31.5 Å². The molecule has 7 heteroatoms. The quantitative estimate of drug-likeness (QED) is 0.792. The van der Waals surface area contributed by atoms with E-state index in [0.717, 1.165) is 21.4 Å². The molecule has 6 nitrogen and oxygen atoms in total. The van der Waals surface area contributed by atoms with E-state index in [0.29, 0.717) is 25.2 Å². The van der Waals surface area contributed by atoms with Gasteiger partial charge in [-0.15, -0.1) is 0 Å². The number of rotatable bonds is 5. The molecule has 0 aromatic carbocycles. The summed E-state index contributed by atoms with van der Waals surface area (Å²) in [5, 5.41) is 5.46. The Morgan fingerprint density at radius 1 is 1.32 bits per heavy atom. The van der Waals surface area contributed by atoms with Crippen LogP contribution in [0.5, 0.6) is 0 Å². The monoisotopic (exact) mass is 366 g/mol. The molecule has 22 heavy (non-hydrogen) atoms. The van der Waals surface area contributed by atoms with E-state index in [4.69, 9.17) is 0 Å². The first-order chi connectivity index (χ1) is 10.4. The minimum Gasteiger partial charge on any atom is -0.355 e. The van der Waals surface area contributed by atoms with Crippen molar-refractivity contribution < 1.29 is 9.59 Å². The third-order valence-corrected chi connectivity index (χ3v) is 3.71. The summed E-state index contributed by atoms with van der Waals surface area (Å²) in [6.07, 6.45) is 2.52. The summed E-state index contributed by atoms with van der Waals surface area (Å²) in [6, 6.07) is 1.97. The second-order valence-electron chi connectivity index (χ2n) is 5.03. The van der Waals surface area contributed by atoms with Gasteiger partial charge in [0.15, 0.2) is 0 Å². The van der Waals surface area contributed by atoms with Crippen LogP contribution in [0.3, 0.4) is 0 Å². The molecule has 2 heterocycles. The number of halogens is 1. The van der Waals surface area contributed by atoms with Gasteiger partial charge in [0.1, 0.15) is 11.3 Å². The van der Waals surface area contributed by atoms with Crippen molar-refractivity contribution in [2.45, 2.75) is 27.2 Å². The van der Waals surface area contributed by atoms with E-state index in [1.165, 1.54) is 6.92 Å². The zero-order chi connectivity index (χ0) is 16.3. The van der Waals surface area contributed by atoms with E-state index < -0.39 is 0 Å². The highest BCUT2D eigenvalue weighted by Crippen LogP contribution is 2.21. The highest BCUT2D eigenvalue weighted by atomic mass is 79.9. The van der Waals surface area contributed by atoms with E-state index in [1.54, 1.807) is 0 Å². The molecule has 0 unspecified atom stereocenters. The van der Waals surface area contributed by atoms with Crippen LogP contribution in [0, 0.1) is 6.92 Å². The zero-order valence-corrected chi connectivity index (χ0v) is 14.5. The molecule has 0 aliphatic carbocycles. The average molecular weight is 367 g/mol.